The summed E-state index contributed by atoms with van der Waals surface area (Å²) in [4.78, 5) is 12.4. The average Bonchev–Trinajstić information content (AvgIpc) is 2.38. The zero-order chi connectivity index (χ0) is 13.8. The highest BCUT2D eigenvalue weighted by molar-refractivity contribution is 6.09. The molecule has 0 N–H and O–H groups in total. The van der Waals surface area contributed by atoms with Gasteiger partial charge in [0.25, 0.3) is 0 Å². The summed E-state index contributed by atoms with van der Waals surface area (Å²) in [6, 6.07) is 15.7. The molecule has 0 aliphatic heterocycles. The fourth-order valence-electron chi connectivity index (χ4n) is 2.18. The molecule has 0 saturated carbocycles. The number of aryl methyl sites for hydroxylation is 1. The van der Waals surface area contributed by atoms with Crippen LogP contribution in [0.3, 0.4) is 0 Å². The minimum atomic E-state index is 0.102. The zero-order valence-electron chi connectivity index (χ0n) is 11.8. The summed E-state index contributed by atoms with van der Waals surface area (Å²) >= 11 is 0. The van der Waals surface area contributed by atoms with Crippen molar-refractivity contribution in [3.8, 4) is 0 Å². The number of rotatable bonds is 4. The number of ketones is 1. The fraction of sp³-hybridized carbons (Fsp3) is 0.278. The highest BCUT2D eigenvalue weighted by atomic mass is 16.1. The van der Waals surface area contributed by atoms with Gasteiger partial charge in [0.15, 0.2) is 5.78 Å². The first-order chi connectivity index (χ1) is 9.06. The predicted octanol–water partition coefficient (Wildman–Crippen LogP) is 4.42. The van der Waals surface area contributed by atoms with Crippen molar-refractivity contribution in [2.75, 3.05) is 0 Å². The molecule has 1 heteroatoms. The molecule has 0 aromatic heterocycles. The van der Waals surface area contributed by atoms with Crippen LogP contribution in [-0.4, -0.2) is 5.78 Å². The van der Waals surface area contributed by atoms with E-state index < -0.39 is 0 Å². The second kappa shape index (κ2) is 5.83. The third kappa shape index (κ3) is 3.54. The van der Waals surface area contributed by atoms with Crippen LogP contribution in [0.2, 0.25) is 0 Å². The van der Waals surface area contributed by atoms with E-state index in [4.69, 9.17) is 0 Å². The van der Waals surface area contributed by atoms with Gasteiger partial charge < -0.3 is 0 Å². The summed E-state index contributed by atoms with van der Waals surface area (Å²) in [5.41, 5.74) is 3.94. The van der Waals surface area contributed by atoms with Crippen LogP contribution in [-0.2, 0) is 6.42 Å². The molecule has 0 radical (unpaired) electrons. The molecule has 98 valence electrons. The van der Waals surface area contributed by atoms with E-state index in [9.17, 15) is 4.79 Å². The lowest BCUT2D eigenvalue weighted by molar-refractivity contribution is 0.103. The second-order valence-corrected chi connectivity index (χ2v) is 5.49. The molecule has 0 heterocycles. The molecule has 0 saturated heterocycles. The number of carbonyl (C=O) groups excluding carboxylic acids is 1. The maximum atomic E-state index is 12.4. The standard InChI is InChI=1S/C18H20O/c1-13(2)11-15-5-4-6-17(12-15)18(19)16-9-7-14(3)8-10-16/h4-10,12-13H,11H2,1-3H3. The van der Waals surface area contributed by atoms with Crippen LogP contribution in [0.25, 0.3) is 0 Å². The first kappa shape index (κ1) is 13.5. The summed E-state index contributed by atoms with van der Waals surface area (Å²) in [6.07, 6.45) is 1.01. The Morgan fingerprint density at radius 3 is 2.32 bits per heavy atom. The van der Waals surface area contributed by atoms with Crippen molar-refractivity contribution in [3.05, 3.63) is 70.8 Å². The third-order valence-corrected chi connectivity index (χ3v) is 3.15. The minimum absolute atomic E-state index is 0.102. The van der Waals surface area contributed by atoms with E-state index in [1.165, 1.54) is 11.1 Å². The van der Waals surface area contributed by atoms with Gasteiger partial charge in [0.2, 0.25) is 0 Å². The molecule has 0 aliphatic rings. The highest BCUT2D eigenvalue weighted by Gasteiger charge is 2.09. The van der Waals surface area contributed by atoms with Crippen LogP contribution in [0.5, 0.6) is 0 Å². The molecule has 0 bridgehead atoms. The zero-order valence-corrected chi connectivity index (χ0v) is 11.8. The molecule has 0 fully saturated rings. The average molecular weight is 252 g/mol. The Bertz CT molecular complexity index is 564. The van der Waals surface area contributed by atoms with E-state index in [-0.39, 0.29) is 5.78 Å². The molecule has 2 aromatic rings. The van der Waals surface area contributed by atoms with Crippen molar-refractivity contribution < 1.29 is 4.79 Å². The lowest BCUT2D eigenvalue weighted by Gasteiger charge is -2.07. The van der Waals surface area contributed by atoms with E-state index in [2.05, 4.69) is 19.9 Å². The largest absolute Gasteiger partial charge is 0.289 e. The summed E-state index contributed by atoms with van der Waals surface area (Å²) in [5, 5.41) is 0. The van der Waals surface area contributed by atoms with Gasteiger partial charge in [-0.25, -0.2) is 0 Å². The Labute approximate surface area is 115 Å². The van der Waals surface area contributed by atoms with E-state index in [0.29, 0.717) is 5.92 Å². The molecule has 19 heavy (non-hydrogen) atoms. The molecule has 0 aliphatic carbocycles. The van der Waals surface area contributed by atoms with Crippen molar-refractivity contribution in [2.24, 2.45) is 5.92 Å². The molecular weight excluding hydrogens is 232 g/mol. The maximum absolute atomic E-state index is 12.4. The SMILES string of the molecule is Cc1ccc(C(=O)c2cccc(CC(C)C)c2)cc1. The number of hydrogen-bond acceptors (Lipinski definition) is 1. The Hall–Kier alpha value is -1.89. The second-order valence-electron chi connectivity index (χ2n) is 5.49. The van der Waals surface area contributed by atoms with Gasteiger partial charge in [0, 0.05) is 11.1 Å². The Morgan fingerprint density at radius 2 is 1.68 bits per heavy atom. The Kier molecular flexibility index (Phi) is 4.16. The molecule has 2 rings (SSSR count). The van der Waals surface area contributed by atoms with Crippen molar-refractivity contribution in [1.29, 1.82) is 0 Å². The van der Waals surface area contributed by atoms with Gasteiger partial charge in [-0.3, -0.25) is 4.79 Å². The van der Waals surface area contributed by atoms with Crippen molar-refractivity contribution in [1.82, 2.24) is 0 Å². The van der Waals surface area contributed by atoms with E-state index in [1.807, 2.05) is 49.4 Å². The molecule has 0 amide bonds. The van der Waals surface area contributed by atoms with Gasteiger partial charge in [0.05, 0.1) is 0 Å². The summed E-state index contributed by atoms with van der Waals surface area (Å²) in [5.74, 6) is 0.704. The molecule has 0 spiro atoms. The molecule has 2 aromatic carbocycles. The summed E-state index contributed by atoms with van der Waals surface area (Å²) in [6.45, 7) is 6.40. The Balaban J connectivity index is 2.26. The van der Waals surface area contributed by atoms with Crippen LogP contribution >= 0.6 is 0 Å². The number of carbonyl (C=O) groups is 1. The number of hydrogen-bond donors (Lipinski definition) is 0. The summed E-state index contributed by atoms with van der Waals surface area (Å²) < 4.78 is 0. The lowest BCUT2D eigenvalue weighted by atomic mass is 9.97. The molecule has 0 unspecified atom stereocenters. The van der Waals surface area contributed by atoms with Crippen LogP contribution < -0.4 is 0 Å². The van der Waals surface area contributed by atoms with Gasteiger partial charge >= 0.3 is 0 Å². The first-order valence-corrected chi connectivity index (χ1v) is 6.76. The van der Waals surface area contributed by atoms with Crippen LogP contribution in [0.1, 0.15) is 40.9 Å². The van der Waals surface area contributed by atoms with E-state index >= 15 is 0 Å². The predicted molar refractivity (Wildman–Crippen MR) is 79.6 cm³/mol. The molecular formula is C18H20O. The van der Waals surface area contributed by atoms with Gasteiger partial charge in [-0.2, -0.15) is 0 Å². The van der Waals surface area contributed by atoms with Gasteiger partial charge in [-0.05, 0) is 30.9 Å². The first-order valence-electron chi connectivity index (χ1n) is 6.76. The summed E-state index contributed by atoms with van der Waals surface area (Å²) in [7, 11) is 0. The van der Waals surface area contributed by atoms with Crippen LogP contribution in [0.4, 0.5) is 0 Å². The van der Waals surface area contributed by atoms with Crippen molar-refractivity contribution in [3.63, 3.8) is 0 Å². The fourth-order valence-corrected chi connectivity index (χ4v) is 2.18. The maximum Gasteiger partial charge on any atom is 0.193 e. The van der Waals surface area contributed by atoms with Gasteiger partial charge in [0.1, 0.15) is 0 Å². The van der Waals surface area contributed by atoms with E-state index in [0.717, 1.165) is 17.5 Å². The molecule has 1 nitrogen and oxygen atoms in total. The minimum Gasteiger partial charge on any atom is -0.289 e. The monoisotopic (exact) mass is 252 g/mol. The lowest BCUT2D eigenvalue weighted by Crippen LogP contribution is -2.03. The van der Waals surface area contributed by atoms with Gasteiger partial charge in [-0.15, -0.1) is 0 Å². The molecule has 0 atom stereocenters. The quantitative estimate of drug-likeness (QED) is 0.736. The third-order valence-electron chi connectivity index (χ3n) is 3.15. The van der Waals surface area contributed by atoms with E-state index in [1.54, 1.807) is 0 Å². The van der Waals surface area contributed by atoms with Crippen LogP contribution in [0, 0.1) is 12.8 Å². The highest BCUT2D eigenvalue weighted by Crippen LogP contribution is 2.15. The Morgan fingerprint density at radius 1 is 1.00 bits per heavy atom. The van der Waals surface area contributed by atoms with Crippen molar-refractivity contribution >= 4 is 5.78 Å². The smallest absolute Gasteiger partial charge is 0.193 e. The van der Waals surface area contributed by atoms with Gasteiger partial charge in [-0.1, -0.05) is 61.9 Å². The van der Waals surface area contributed by atoms with Crippen LogP contribution in [0.15, 0.2) is 48.5 Å². The normalized spacial score (nSPS) is 10.7. The number of benzene rings is 2. The van der Waals surface area contributed by atoms with Crippen molar-refractivity contribution in [2.45, 2.75) is 27.2 Å². The topological polar surface area (TPSA) is 17.1 Å².